The molecule has 2 aliphatic rings. The third kappa shape index (κ3) is 1.18. The first kappa shape index (κ1) is 8.18. The first-order chi connectivity index (χ1) is 6.88. The highest BCUT2D eigenvalue weighted by atomic mass is 16.6. The van der Waals surface area contributed by atoms with Crippen LogP contribution in [0.4, 0.5) is 0 Å². The fourth-order valence-electron chi connectivity index (χ4n) is 2.00. The van der Waals surface area contributed by atoms with E-state index in [9.17, 15) is 0 Å². The van der Waals surface area contributed by atoms with Gasteiger partial charge in [-0.25, -0.2) is 0 Å². The Bertz CT molecular complexity index is 397. The average molecular weight is 187 g/mol. The van der Waals surface area contributed by atoms with E-state index in [0.29, 0.717) is 12.2 Å². The van der Waals surface area contributed by atoms with Crippen molar-refractivity contribution in [3.63, 3.8) is 0 Å². The first-order valence-electron chi connectivity index (χ1n) is 5.22. The van der Waals surface area contributed by atoms with Crippen LogP contribution in [0.1, 0.15) is 36.4 Å². The number of aromatic nitrogens is 1. The van der Waals surface area contributed by atoms with Crippen LogP contribution in [0.25, 0.3) is 6.08 Å². The van der Waals surface area contributed by atoms with E-state index in [-0.39, 0.29) is 0 Å². The Morgan fingerprint density at radius 2 is 2.36 bits per heavy atom. The summed E-state index contributed by atoms with van der Waals surface area (Å²) in [5.74, 6) is 0. The Labute approximate surface area is 83.6 Å². The van der Waals surface area contributed by atoms with Crippen LogP contribution < -0.4 is 0 Å². The fourth-order valence-corrected chi connectivity index (χ4v) is 2.00. The molecule has 72 valence electrons. The van der Waals surface area contributed by atoms with Crippen LogP contribution >= 0.6 is 0 Å². The average Bonchev–Trinajstić information content (AvgIpc) is 2.97. The maximum Gasteiger partial charge on any atom is 0.115 e. The number of hydrogen-bond donors (Lipinski definition) is 0. The molecule has 0 aromatic carbocycles. The molecular formula is C12H13NO. The van der Waals surface area contributed by atoms with Crippen molar-refractivity contribution in [1.82, 2.24) is 4.98 Å². The smallest absolute Gasteiger partial charge is 0.115 e. The minimum atomic E-state index is 0.304. The number of rotatable bonds is 2. The number of nitrogens with zero attached hydrogens (tertiary/aromatic N) is 1. The highest BCUT2D eigenvalue weighted by Gasteiger charge is 2.41. The van der Waals surface area contributed by atoms with Gasteiger partial charge in [0.2, 0.25) is 0 Å². The SMILES string of the molecule is CCCc1ccc2c(n1)C=CC1OC21. The molecule has 3 rings (SSSR count). The van der Waals surface area contributed by atoms with Crippen molar-refractivity contribution in [1.29, 1.82) is 0 Å². The minimum Gasteiger partial charge on any atom is -0.360 e. The summed E-state index contributed by atoms with van der Waals surface area (Å²) in [4.78, 5) is 4.61. The molecule has 14 heavy (non-hydrogen) atoms. The molecule has 0 N–H and O–H groups in total. The van der Waals surface area contributed by atoms with Crippen LogP contribution in [0, 0.1) is 0 Å². The van der Waals surface area contributed by atoms with Crippen LogP contribution in [0.5, 0.6) is 0 Å². The Morgan fingerprint density at radius 3 is 3.21 bits per heavy atom. The van der Waals surface area contributed by atoms with Crippen molar-refractivity contribution in [2.45, 2.75) is 32.0 Å². The molecule has 1 fully saturated rings. The third-order valence-electron chi connectivity index (χ3n) is 2.80. The summed E-state index contributed by atoms with van der Waals surface area (Å²) in [6.07, 6.45) is 7.05. The van der Waals surface area contributed by atoms with Gasteiger partial charge in [0.1, 0.15) is 12.2 Å². The highest BCUT2D eigenvalue weighted by molar-refractivity contribution is 5.57. The Kier molecular flexibility index (Phi) is 1.71. The molecule has 0 spiro atoms. The topological polar surface area (TPSA) is 25.4 Å². The predicted molar refractivity (Wildman–Crippen MR) is 54.9 cm³/mol. The van der Waals surface area contributed by atoms with E-state index < -0.39 is 0 Å². The monoisotopic (exact) mass is 187 g/mol. The molecule has 1 aliphatic carbocycles. The zero-order valence-corrected chi connectivity index (χ0v) is 8.23. The lowest BCUT2D eigenvalue weighted by Crippen LogP contribution is -2.00. The third-order valence-corrected chi connectivity index (χ3v) is 2.80. The summed E-state index contributed by atoms with van der Waals surface area (Å²) in [5.41, 5.74) is 3.56. The zero-order valence-electron chi connectivity index (χ0n) is 8.23. The Hall–Kier alpha value is -1.15. The van der Waals surface area contributed by atoms with E-state index in [1.165, 1.54) is 11.3 Å². The van der Waals surface area contributed by atoms with E-state index in [0.717, 1.165) is 18.5 Å². The van der Waals surface area contributed by atoms with Crippen molar-refractivity contribution in [2.24, 2.45) is 0 Å². The molecule has 0 amide bonds. The molecular weight excluding hydrogens is 174 g/mol. The van der Waals surface area contributed by atoms with Crippen molar-refractivity contribution in [2.75, 3.05) is 0 Å². The lowest BCUT2D eigenvalue weighted by atomic mass is 10.0. The number of fused-ring (bicyclic) bond motifs is 3. The van der Waals surface area contributed by atoms with E-state index >= 15 is 0 Å². The summed E-state index contributed by atoms with van der Waals surface area (Å²) in [6.45, 7) is 2.18. The van der Waals surface area contributed by atoms with Gasteiger partial charge in [0.05, 0.1) is 5.69 Å². The van der Waals surface area contributed by atoms with Crippen LogP contribution in [-0.4, -0.2) is 11.1 Å². The first-order valence-corrected chi connectivity index (χ1v) is 5.22. The second-order valence-electron chi connectivity index (χ2n) is 3.91. The van der Waals surface area contributed by atoms with Gasteiger partial charge in [-0.2, -0.15) is 0 Å². The van der Waals surface area contributed by atoms with E-state index in [1.807, 2.05) is 0 Å². The Morgan fingerprint density at radius 1 is 1.43 bits per heavy atom. The normalized spacial score (nSPS) is 26.9. The summed E-state index contributed by atoms with van der Waals surface area (Å²) in [6, 6.07) is 4.29. The fraction of sp³-hybridized carbons (Fsp3) is 0.417. The number of aryl methyl sites for hydroxylation is 1. The zero-order chi connectivity index (χ0) is 9.54. The van der Waals surface area contributed by atoms with Crippen molar-refractivity contribution in [3.8, 4) is 0 Å². The van der Waals surface area contributed by atoms with Gasteiger partial charge in [0, 0.05) is 11.3 Å². The molecule has 2 heteroatoms. The highest BCUT2D eigenvalue weighted by Crippen LogP contribution is 2.44. The van der Waals surface area contributed by atoms with Crippen molar-refractivity contribution >= 4 is 6.08 Å². The second kappa shape index (κ2) is 2.92. The minimum absolute atomic E-state index is 0.304. The van der Waals surface area contributed by atoms with Crippen molar-refractivity contribution in [3.05, 3.63) is 35.2 Å². The number of pyridine rings is 1. The van der Waals surface area contributed by atoms with Gasteiger partial charge in [-0.3, -0.25) is 4.98 Å². The summed E-state index contributed by atoms with van der Waals surface area (Å²) in [5, 5.41) is 0. The van der Waals surface area contributed by atoms with Gasteiger partial charge in [0.25, 0.3) is 0 Å². The number of ether oxygens (including phenoxy) is 1. The number of hydrogen-bond acceptors (Lipinski definition) is 2. The van der Waals surface area contributed by atoms with Crippen LogP contribution in [0.3, 0.4) is 0 Å². The van der Waals surface area contributed by atoms with Gasteiger partial charge >= 0.3 is 0 Å². The molecule has 2 atom stereocenters. The van der Waals surface area contributed by atoms with Crippen LogP contribution in [-0.2, 0) is 11.2 Å². The summed E-state index contributed by atoms with van der Waals surface area (Å²) >= 11 is 0. The largest absolute Gasteiger partial charge is 0.360 e. The van der Waals surface area contributed by atoms with Crippen molar-refractivity contribution < 1.29 is 4.74 Å². The molecule has 1 saturated heterocycles. The maximum atomic E-state index is 5.48. The molecule has 2 unspecified atom stereocenters. The van der Waals surface area contributed by atoms with Gasteiger partial charge in [-0.05, 0) is 18.6 Å². The summed E-state index contributed by atoms with van der Waals surface area (Å²) < 4.78 is 5.48. The quantitative estimate of drug-likeness (QED) is 0.665. The molecule has 1 aromatic heterocycles. The van der Waals surface area contributed by atoms with E-state index in [2.05, 4.69) is 36.2 Å². The molecule has 0 saturated carbocycles. The van der Waals surface area contributed by atoms with Gasteiger partial charge < -0.3 is 4.74 Å². The molecule has 2 heterocycles. The standard InChI is InChI=1S/C12H13NO/c1-2-3-8-4-5-9-10(13-8)6-7-11-12(9)14-11/h4-7,11-12H,2-3H2,1H3. The van der Waals surface area contributed by atoms with Crippen LogP contribution in [0.15, 0.2) is 18.2 Å². The molecule has 2 nitrogen and oxygen atoms in total. The van der Waals surface area contributed by atoms with Gasteiger partial charge in [0.15, 0.2) is 0 Å². The molecule has 1 aliphatic heterocycles. The lowest BCUT2D eigenvalue weighted by molar-refractivity contribution is 0.395. The molecule has 0 bridgehead atoms. The van der Waals surface area contributed by atoms with Crippen LogP contribution in [0.2, 0.25) is 0 Å². The van der Waals surface area contributed by atoms with E-state index in [4.69, 9.17) is 4.74 Å². The maximum absolute atomic E-state index is 5.48. The number of epoxide rings is 1. The van der Waals surface area contributed by atoms with Gasteiger partial charge in [-0.15, -0.1) is 0 Å². The summed E-state index contributed by atoms with van der Waals surface area (Å²) in [7, 11) is 0. The molecule has 0 radical (unpaired) electrons. The second-order valence-corrected chi connectivity index (χ2v) is 3.91. The van der Waals surface area contributed by atoms with E-state index in [1.54, 1.807) is 0 Å². The predicted octanol–water partition coefficient (Wildman–Crippen LogP) is 2.50. The van der Waals surface area contributed by atoms with Gasteiger partial charge in [-0.1, -0.05) is 25.5 Å². The Balaban J connectivity index is 1.99. The molecule has 1 aromatic rings. The lowest BCUT2D eigenvalue weighted by Gasteiger charge is -2.07.